The van der Waals surface area contributed by atoms with Gasteiger partial charge >= 0.3 is 0 Å². The fourth-order valence-corrected chi connectivity index (χ4v) is 4.89. The largest absolute Gasteiger partial charge is 0.333 e. The summed E-state index contributed by atoms with van der Waals surface area (Å²) in [7, 11) is 4.16. The molecule has 0 spiro atoms. The Morgan fingerprint density at radius 1 is 0.941 bits per heavy atom. The van der Waals surface area contributed by atoms with Crippen LogP contribution in [-0.2, 0) is 24.4 Å². The van der Waals surface area contributed by atoms with Crippen molar-refractivity contribution in [1.29, 1.82) is 0 Å². The van der Waals surface area contributed by atoms with Gasteiger partial charge in [0.25, 0.3) is 0 Å². The zero-order chi connectivity index (χ0) is 24.3. The predicted octanol–water partition coefficient (Wildman–Crippen LogP) is 5.41. The molecule has 3 rings (SSSR count). The van der Waals surface area contributed by atoms with Crippen molar-refractivity contribution in [1.82, 2.24) is 24.6 Å². The molecule has 1 amide bonds. The molecule has 0 aliphatic carbocycles. The van der Waals surface area contributed by atoms with Crippen LogP contribution in [0.2, 0.25) is 0 Å². The summed E-state index contributed by atoms with van der Waals surface area (Å²) in [5.41, 5.74) is 2.25. The summed E-state index contributed by atoms with van der Waals surface area (Å²) in [6, 6.07) is 20.5. The minimum absolute atomic E-state index is 0.101. The van der Waals surface area contributed by atoms with Crippen molar-refractivity contribution in [2.24, 2.45) is 0 Å². The second-order valence-corrected chi connectivity index (χ2v) is 9.69. The molecule has 1 atom stereocenters. The zero-order valence-corrected chi connectivity index (χ0v) is 21.7. The molecule has 0 N–H and O–H groups in total. The molecular formula is C27H37N5OS. The van der Waals surface area contributed by atoms with Crippen molar-refractivity contribution in [2.75, 3.05) is 19.8 Å². The molecule has 0 fully saturated rings. The Morgan fingerprint density at radius 2 is 1.53 bits per heavy atom. The molecule has 1 heterocycles. The SMILES string of the molecule is CCCCn1c(SCC(=O)N(Cc2ccccc2)Cc2ccccc2)nnc1[C@@H](CC)N(C)C. The van der Waals surface area contributed by atoms with Crippen LogP contribution in [0.5, 0.6) is 0 Å². The van der Waals surface area contributed by atoms with Crippen molar-refractivity contribution in [3.8, 4) is 0 Å². The third kappa shape index (κ3) is 7.18. The molecule has 0 radical (unpaired) electrons. The maximum absolute atomic E-state index is 13.4. The average Bonchev–Trinajstić information content (AvgIpc) is 3.24. The fraction of sp³-hybridized carbons (Fsp3) is 0.444. The molecule has 34 heavy (non-hydrogen) atoms. The molecule has 0 unspecified atom stereocenters. The molecule has 0 saturated heterocycles. The summed E-state index contributed by atoms with van der Waals surface area (Å²) in [6.45, 7) is 6.40. The van der Waals surface area contributed by atoms with E-state index >= 15 is 0 Å². The lowest BCUT2D eigenvalue weighted by Gasteiger charge is -2.24. The number of carbonyl (C=O) groups is 1. The summed E-state index contributed by atoms with van der Waals surface area (Å²) in [5, 5.41) is 9.87. The van der Waals surface area contributed by atoms with E-state index in [-0.39, 0.29) is 11.9 Å². The second kappa shape index (κ2) is 13.3. The summed E-state index contributed by atoms with van der Waals surface area (Å²) < 4.78 is 2.22. The second-order valence-electron chi connectivity index (χ2n) is 8.74. The summed E-state index contributed by atoms with van der Waals surface area (Å²) in [6.07, 6.45) is 3.12. The standard InChI is InChI=1S/C27H37N5OS/c1-5-7-18-32-26(24(6-2)30(3)4)28-29-27(32)34-21-25(33)31(19-22-14-10-8-11-15-22)20-23-16-12-9-13-17-23/h8-17,24H,5-7,18-21H2,1-4H3/t24-/m1/s1. The number of rotatable bonds is 13. The Hall–Kier alpha value is -2.64. The fourth-order valence-electron chi connectivity index (χ4n) is 4.02. The van der Waals surface area contributed by atoms with Gasteiger partial charge < -0.3 is 9.47 Å². The van der Waals surface area contributed by atoms with E-state index in [9.17, 15) is 4.79 Å². The smallest absolute Gasteiger partial charge is 0.233 e. The normalized spacial score (nSPS) is 12.1. The van der Waals surface area contributed by atoms with Gasteiger partial charge in [-0.05, 0) is 38.1 Å². The van der Waals surface area contributed by atoms with Crippen molar-refractivity contribution in [2.45, 2.75) is 63.9 Å². The van der Waals surface area contributed by atoms with Gasteiger partial charge in [-0.1, -0.05) is 92.7 Å². The predicted molar refractivity (Wildman–Crippen MR) is 140 cm³/mol. The van der Waals surface area contributed by atoms with Crippen molar-refractivity contribution in [3.05, 3.63) is 77.6 Å². The Kier molecular flexibility index (Phi) is 10.2. The molecule has 3 aromatic rings. The van der Waals surface area contributed by atoms with Crippen LogP contribution in [0.1, 0.15) is 56.1 Å². The van der Waals surface area contributed by atoms with Crippen LogP contribution in [0.25, 0.3) is 0 Å². The van der Waals surface area contributed by atoms with Gasteiger partial charge in [0, 0.05) is 19.6 Å². The van der Waals surface area contributed by atoms with Crippen LogP contribution < -0.4 is 0 Å². The third-order valence-electron chi connectivity index (χ3n) is 5.90. The minimum Gasteiger partial charge on any atom is -0.333 e. The van der Waals surface area contributed by atoms with E-state index in [4.69, 9.17) is 0 Å². The Balaban J connectivity index is 1.76. The molecule has 0 aliphatic rings. The number of unbranched alkanes of at least 4 members (excludes halogenated alkanes) is 1. The van der Waals surface area contributed by atoms with Crippen molar-refractivity contribution < 1.29 is 4.79 Å². The number of aromatic nitrogens is 3. The van der Waals surface area contributed by atoms with Crippen LogP contribution in [0.3, 0.4) is 0 Å². The number of amides is 1. The topological polar surface area (TPSA) is 54.3 Å². The molecule has 6 nitrogen and oxygen atoms in total. The van der Waals surface area contributed by atoms with Gasteiger partial charge in [-0.2, -0.15) is 0 Å². The molecule has 0 aliphatic heterocycles. The van der Waals surface area contributed by atoms with Gasteiger partial charge in [-0.25, -0.2) is 0 Å². The highest BCUT2D eigenvalue weighted by molar-refractivity contribution is 7.99. The van der Waals surface area contributed by atoms with E-state index in [0.29, 0.717) is 18.8 Å². The van der Waals surface area contributed by atoms with Crippen LogP contribution >= 0.6 is 11.8 Å². The maximum Gasteiger partial charge on any atom is 0.233 e. The first-order valence-electron chi connectivity index (χ1n) is 12.1. The zero-order valence-electron chi connectivity index (χ0n) is 20.9. The van der Waals surface area contributed by atoms with Crippen LogP contribution in [-0.4, -0.2) is 50.3 Å². The summed E-state index contributed by atoms with van der Waals surface area (Å²) in [5.74, 6) is 1.42. The number of hydrogen-bond donors (Lipinski definition) is 0. The molecule has 0 saturated carbocycles. The molecule has 2 aromatic carbocycles. The van der Waals surface area contributed by atoms with Gasteiger partial charge in [0.05, 0.1) is 11.8 Å². The molecular weight excluding hydrogens is 442 g/mol. The minimum atomic E-state index is 0.101. The lowest BCUT2D eigenvalue weighted by molar-refractivity contribution is -0.129. The summed E-state index contributed by atoms with van der Waals surface area (Å²) >= 11 is 1.50. The molecule has 182 valence electrons. The highest BCUT2D eigenvalue weighted by Crippen LogP contribution is 2.26. The molecule has 0 bridgehead atoms. The van der Waals surface area contributed by atoms with Crippen molar-refractivity contribution >= 4 is 17.7 Å². The molecule has 1 aromatic heterocycles. The van der Waals surface area contributed by atoms with Crippen molar-refractivity contribution in [3.63, 3.8) is 0 Å². The number of thioether (sulfide) groups is 1. The van der Waals surface area contributed by atoms with Crippen LogP contribution in [0.15, 0.2) is 65.8 Å². The van der Waals surface area contributed by atoms with Gasteiger partial charge in [-0.15, -0.1) is 10.2 Å². The van der Waals surface area contributed by atoms with Gasteiger partial charge in [0.15, 0.2) is 11.0 Å². The lowest BCUT2D eigenvalue weighted by atomic mass is 10.1. The summed E-state index contributed by atoms with van der Waals surface area (Å²) in [4.78, 5) is 17.5. The van der Waals surface area contributed by atoms with Gasteiger partial charge in [-0.3, -0.25) is 9.69 Å². The Labute approximate surface area is 208 Å². The van der Waals surface area contributed by atoms with E-state index in [1.165, 1.54) is 11.8 Å². The number of benzene rings is 2. The number of carbonyl (C=O) groups excluding carboxylic acids is 1. The highest BCUT2D eigenvalue weighted by Gasteiger charge is 2.23. The first-order chi connectivity index (χ1) is 16.5. The quantitative estimate of drug-likeness (QED) is 0.307. The first-order valence-corrected chi connectivity index (χ1v) is 13.1. The third-order valence-corrected chi connectivity index (χ3v) is 6.85. The first kappa shape index (κ1) is 26.0. The van der Waals surface area contributed by atoms with E-state index in [2.05, 4.69) is 71.9 Å². The van der Waals surface area contributed by atoms with Crippen LogP contribution in [0.4, 0.5) is 0 Å². The van der Waals surface area contributed by atoms with Crippen LogP contribution in [0, 0.1) is 0 Å². The van der Waals surface area contributed by atoms with E-state index in [1.54, 1.807) is 0 Å². The van der Waals surface area contributed by atoms with Gasteiger partial charge in [0.2, 0.25) is 5.91 Å². The van der Waals surface area contributed by atoms with E-state index in [0.717, 1.165) is 47.9 Å². The Morgan fingerprint density at radius 3 is 2.03 bits per heavy atom. The molecule has 7 heteroatoms. The lowest BCUT2D eigenvalue weighted by Crippen LogP contribution is -2.31. The van der Waals surface area contributed by atoms with E-state index in [1.807, 2.05) is 41.3 Å². The maximum atomic E-state index is 13.4. The van der Waals surface area contributed by atoms with E-state index < -0.39 is 0 Å². The highest BCUT2D eigenvalue weighted by atomic mass is 32.2. The monoisotopic (exact) mass is 479 g/mol. The average molecular weight is 480 g/mol. The van der Waals surface area contributed by atoms with Gasteiger partial charge in [0.1, 0.15) is 0 Å². The number of nitrogens with zero attached hydrogens (tertiary/aromatic N) is 5. The Bertz CT molecular complexity index is 965. The number of hydrogen-bond acceptors (Lipinski definition) is 5.